The molecule has 0 nitrogen and oxygen atoms in total. The highest BCUT2D eigenvalue weighted by atomic mass is 35.5. The third-order valence-electron chi connectivity index (χ3n) is 1.73. The molecule has 64 valence electrons. The molecule has 12 heavy (non-hydrogen) atoms. The molecule has 1 aromatic heterocycles. The monoisotopic (exact) mass is 216 g/mol. The second kappa shape index (κ2) is 4.23. The Balaban J connectivity index is 0.000000720. The van der Waals surface area contributed by atoms with E-state index >= 15 is 0 Å². The number of fused-ring (bicyclic) bond motifs is 1. The van der Waals surface area contributed by atoms with Gasteiger partial charge in [0, 0.05) is 19.9 Å². The summed E-state index contributed by atoms with van der Waals surface area (Å²) in [6, 6.07) is 10.9. The van der Waals surface area contributed by atoms with Crippen molar-refractivity contribution in [3.63, 3.8) is 0 Å². The Bertz CT molecular complexity index is 336. The van der Waals surface area contributed by atoms with Crippen LogP contribution in [0.15, 0.2) is 30.3 Å². The fourth-order valence-corrected chi connectivity index (χ4v) is 3.17. The maximum atomic E-state index is 2.31. The number of benzene rings is 1. The minimum Gasteiger partial charge on any atom is -1.00 e. The van der Waals surface area contributed by atoms with E-state index < -0.39 is 0 Å². The van der Waals surface area contributed by atoms with Crippen molar-refractivity contribution in [2.75, 3.05) is 6.66 Å². The summed E-state index contributed by atoms with van der Waals surface area (Å²) in [5.41, 5.74) is 0. The molecular formula is C9H10ClPS. The smallest absolute Gasteiger partial charge is 0.142 e. The first kappa shape index (κ1) is 9.98. The fourth-order valence-electron chi connectivity index (χ4n) is 1.14. The number of hydrogen-bond donors (Lipinski definition) is 0. The lowest BCUT2D eigenvalue weighted by atomic mass is 10.3. The van der Waals surface area contributed by atoms with Crippen LogP contribution in [0.1, 0.15) is 0 Å². The molecular weight excluding hydrogens is 207 g/mol. The van der Waals surface area contributed by atoms with E-state index in [0.29, 0.717) is 8.58 Å². The Hall–Kier alpha value is -0.100. The lowest BCUT2D eigenvalue weighted by Gasteiger charge is -1.81. The van der Waals surface area contributed by atoms with Gasteiger partial charge < -0.3 is 12.4 Å². The van der Waals surface area contributed by atoms with Gasteiger partial charge in [-0.15, -0.1) is 0 Å². The molecule has 0 saturated carbocycles. The zero-order valence-electron chi connectivity index (χ0n) is 6.75. The van der Waals surface area contributed by atoms with Crippen molar-refractivity contribution in [3.05, 3.63) is 30.3 Å². The molecule has 0 bridgehead atoms. The molecule has 1 atom stereocenters. The summed E-state index contributed by atoms with van der Waals surface area (Å²) >= 11 is 1.93. The van der Waals surface area contributed by atoms with Crippen LogP contribution in [0.3, 0.4) is 0 Å². The summed E-state index contributed by atoms with van der Waals surface area (Å²) in [5, 5.41) is 1.40. The zero-order valence-corrected chi connectivity index (χ0v) is 9.48. The van der Waals surface area contributed by atoms with E-state index in [0.717, 1.165) is 0 Å². The van der Waals surface area contributed by atoms with Gasteiger partial charge in [-0.1, -0.05) is 29.5 Å². The van der Waals surface area contributed by atoms with Crippen LogP contribution in [0.2, 0.25) is 0 Å². The maximum Gasteiger partial charge on any atom is 0.142 e. The molecule has 2 aromatic rings. The number of thiophene rings is 1. The summed E-state index contributed by atoms with van der Waals surface area (Å²) in [5.74, 6) is 0. The minimum atomic E-state index is 0. The van der Waals surface area contributed by atoms with Crippen LogP contribution < -0.4 is 17.0 Å². The van der Waals surface area contributed by atoms with E-state index in [1.807, 2.05) is 11.3 Å². The predicted octanol–water partition coefficient (Wildman–Crippen LogP) is -0.429. The average Bonchev–Trinajstić information content (AvgIpc) is 2.46. The van der Waals surface area contributed by atoms with Crippen LogP contribution in [0, 0.1) is 0 Å². The van der Waals surface area contributed by atoms with Crippen molar-refractivity contribution in [1.82, 2.24) is 0 Å². The molecule has 3 heteroatoms. The molecule has 1 aromatic carbocycles. The molecule has 1 unspecified atom stereocenters. The Kier molecular flexibility index (Phi) is 3.52. The molecule has 2 rings (SSSR count). The first-order valence-electron chi connectivity index (χ1n) is 3.68. The standard InChI is InChI=1S/C9H9PS.ClH/c1-10-9-6-7-4-2-3-5-8(7)11-9;/h2-6,10H,1H3;1H. The van der Waals surface area contributed by atoms with E-state index in [1.165, 1.54) is 10.1 Å². The van der Waals surface area contributed by atoms with Crippen molar-refractivity contribution in [2.45, 2.75) is 0 Å². The molecule has 0 amide bonds. The van der Waals surface area contributed by atoms with E-state index in [-0.39, 0.29) is 12.4 Å². The summed E-state index contributed by atoms with van der Waals surface area (Å²) in [6.45, 7) is 2.28. The first-order chi connectivity index (χ1) is 5.40. The van der Waals surface area contributed by atoms with E-state index in [2.05, 4.69) is 37.0 Å². The molecule has 1 heterocycles. The van der Waals surface area contributed by atoms with Gasteiger partial charge in [-0.3, -0.25) is 0 Å². The summed E-state index contributed by atoms with van der Waals surface area (Å²) in [6.07, 6.45) is 0. The van der Waals surface area contributed by atoms with Gasteiger partial charge in [0.15, 0.2) is 0 Å². The highest BCUT2D eigenvalue weighted by molar-refractivity contribution is 7.57. The van der Waals surface area contributed by atoms with Crippen molar-refractivity contribution in [3.8, 4) is 0 Å². The average molecular weight is 217 g/mol. The fraction of sp³-hybridized carbons (Fsp3) is 0.111. The molecule has 0 spiro atoms. The van der Waals surface area contributed by atoms with Crippen LogP contribution in [0.25, 0.3) is 10.1 Å². The molecule has 0 N–H and O–H groups in total. The minimum absolute atomic E-state index is 0. The summed E-state index contributed by atoms with van der Waals surface area (Å²) in [7, 11) is 0.491. The zero-order chi connectivity index (χ0) is 7.68. The quantitative estimate of drug-likeness (QED) is 0.568. The third-order valence-corrected chi connectivity index (χ3v) is 4.47. The third kappa shape index (κ3) is 1.80. The van der Waals surface area contributed by atoms with Gasteiger partial charge in [-0.05, 0) is 17.5 Å². The molecule has 0 aliphatic rings. The van der Waals surface area contributed by atoms with Crippen molar-refractivity contribution >= 4 is 34.6 Å². The van der Waals surface area contributed by atoms with Crippen LogP contribution in [-0.2, 0) is 0 Å². The Morgan fingerprint density at radius 1 is 1.25 bits per heavy atom. The lowest BCUT2D eigenvalue weighted by molar-refractivity contribution is -0.00000200. The van der Waals surface area contributed by atoms with Gasteiger partial charge in [-0.25, -0.2) is 0 Å². The van der Waals surface area contributed by atoms with Crippen LogP contribution in [0.5, 0.6) is 0 Å². The molecule has 0 radical (unpaired) electrons. The van der Waals surface area contributed by atoms with Crippen molar-refractivity contribution in [1.29, 1.82) is 0 Å². The maximum absolute atomic E-state index is 2.31. The Morgan fingerprint density at radius 3 is 2.67 bits per heavy atom. The second-order valence-electron chi connectivity index (χ2n) is 2.48. The summed E-state index contributed by atoms with van der Waals surface area (Å²) in [4.78, 5) is 0. The predicted molar refractivity (Wildman–Crippen MR) is 57.1 cm³/mol. The van der Waals surface area contributed by atoms with Gasteiger partial charge in [0.25, 0.3) is 0 Å². The van der Waals surface area contributed by atoms with E-state index in [4.69, 9.17) is 0 Å². The summed E-state index contributed by atoms with van der Waals surface area (Å²) < 4.78 is 2.99. The highest BCUT2D eigenvalue weighted by Crippen LogP contribution is 2.22. The van der Waals surface area contributed by atoms with Crippen molar-refractivity contribution in [2.24, 2.45) is 0 Å². The topological polar surface area (TPSA) is 0 Å². The number of halogens is 1. The second-order valence-corrected chi connectivity index (χ2v) is 5.21. The Morgan fingerprint density at radius 2 is 2.00 bits per heavy atom. The number of hydrogen-bond acceptors (Lipinski definition) is 1. The SMILES string of the molecule is C[PH2+]c1cc2ccccc2s1.[Cl-]. The van der Waals surface area contributed by atoms with E-state index in [1.54, 1.807) is 4.62 Å². The van der Waals surface area contributed by atoms with Gasteiger partial charge in [0.05, 0.1) is 0 Å². The Labute approximate surface area is 84.2 Å². The normalized spacial score (nSPS) is 10.8. The molecule has 0 aliphatic carbocycles. The number of rotatable bonds is 1. The van der Waals surface area contributed by atoms with Crippen LogP contribution >= 0.6 is 19.9 Å². The van der Waals surface area contributed by atoms with Gasteiger partial charge in [0.1, 0.15) is 4.62 Å². The lowest BCUT2D eigenvalue weighted by Crippen LogP contribution is -3.00. The van der Waals surface area contributed by atoms with Gasteiger partial charge in [0.2, 0.25) is 0 Å². The largest absolute Gasteiger partial charge is 1.00 e. The molecule has 0 saturated heterocycles. The molecule has 0 fully saturated rings. The van der Waals surface area contributed by atoms with Gasteiger partial charge >= 0.3 is 0 Å². The van der Waals surface area contributed by atoms with Gasteiger partial charge in [-0.2, -0.15) is 0 Å². The van der Waals surface area contributed by atoms with E-state index in [9.17, 15) is 0 Å². The molecule has 0 aliphatic heterocycles. The first-order valence-corrected chi connectivity index (χ1v) is 6.23. The highest BCUT2D eigenvalue weighted by Gasteiger charge is 2.01. The van der Waals surface area contributed by atoms with Crippen LogP contribution in [0.4, 0.5) is 0 Å². The van der Waals surface area contributed by atoms with Crippen LogP contribution in [-0.4, -0.2) is 6.66 Å². The van der Waals surface area contributed by atoms with Crippen molar-refractivity contribution < 1.29 is 12.4 Å².